The number of benzene rings is 1. The first kappa shape index (κ1) is 18.9. The number of hydrogen-bond donors (Lipinski definition) is 1. The Hall–Kier alpha value is -2.41. The molecular formula is C21H25N3O3S. The molecule has 4 rings (SSSR count). The lowest BCUT2D eigenvalue weighted by Crippen LogP contribution is -2.34. The van der Waals surface area contributed by atoms with Crippen LogP contribution in [0, 0.1) is 11.8 Å². The summed E-state index contributed by atoms with van der Waals surface area (Å²) in [6.45, 7) is 3.69. The van der Waals surface area contributed by atoms with Crippen LogP contribution < -0.4 is 4.72 Å². The molecule has 3 atom stereocenters. The summed E-state index contributed by atoms with van der Waals surface area (Å²) in [7, 11) is -3.32. The highest BCUT2D eigenvalue weighted by molar-refractivity contribution is 7.92. The Morgan fingerprint density at radius 3 is 2.82 bits per heavy atom. The van der Waals surface area contributed by atoms with Gasteiger partial charge in [-0.1, -0.05) is 25.1 Å². The van der Waals surface area contributed by atoms with E-state index in [0.717, 1.165) is 24.1 Å². The van der Waals surface area contributed by atoms with Crippen LogP contribution in [0.5, 0.6) is 0 Å². The third-order valence-corrected chi connectivity index (χ3v) is 6.82. The molecule has 1 N–H and O–H groups in total. The van der Waals surface area contributed by atoms with Gasteiger partial charge in [0.25, 0.3) is 0 Å². The summed E-state index contributed by atoms with van der Waals surface area (Å²) in [6, 6.07) is 13.4. The second kappa shape index (κ2) is 6.88. The zero-order valence-electron chi connectivity index (χ0n) is 16.1. The first-order valence-corrected chi connectivity index (χ1v) is 11.4. The van der Waals surface area contributed by atoms with Crippen molar-refractivity contribution in [1.82, 2.24) is 9.88 Å². The molecule has 1 aliphatic heterocycles. The summed E-state index contributed by atoms with van der Waals surface area (Å²) in [5.74, 6) is 1.08. The predicted molar refractivity (Wildman–Crippen MR) is 108 cm³/mol. The number of hydrogen-bond acceptors (Lipinski definition) is 4. The molecule has 2 aromatic rings. The quantitative estimate of drug-likeness (QED) is 0.809. The lowest BCUT2D eigenvalue weighted by molar-refractivity contribution is -0.130. The van der Waals surface area contributed by atoms with Crippen LogP contribution in [-0.4, -0.2) is 43.6 Å². The minimum Gasteiger partial charge on any atom is -0.341 e. The van der Waals surface area contributed by atoms with Gasteiger partial charge >= 0.3 is 0 Å². The number of aromatic nitrogens is 1. The Morgan fingerprint density at radius 2 is 2.11 bits per heavy atom. The number of nitrogens with one attached hydrogen (secondary N) is 1. The van der Waals surface area contributed by atoms with E-state index >= 15 is 0 Å². The van der Waals surface area contributed by atoms with E-state index < -0.39 is 10.0 Å². The normalized spacial score (nSPS) is 26.0. The van der Waals surface area contributed by atoms with E-state index in [0.29, 0.717) is 36.9 Å². The molecule has 1 aromatic heterocycles. The van der Waals surface area contributed by atoms with Crippen LogP contribution in [0.25, 0.3) is 0 Å². The Balaban J connectivity index is 1.46. The Morgan fingerprint density at radius 1 is 1.29 bits per heavy atom. The maximum absolute atomic E-state index is 12.7. The number of piperidine rings is 1. The topological polar surface area (TPSA) is 79.4 Å². The van der Waals surface area contributed by atoms with Gasteiger partial charge in [0.2, 0.25) is 15.9 Å². The van der Waals surface area contributed by atoms with Crippen molar-refractivity contribution in [2.45, 2.75) is 25.2 Å². The van der Waals surface area contributed by atoms with Crippen molar-refractivity contribution in [1.29, 1.82) is 0 Å². The molecule has 1 saturated heterocycles. The lowest BCUT2D eigenvalue weighted by Gasteiger charge is -2.24. The summed E-state index contributed by atoms with van der Waals surface area (Å²) in [6.07, 6.45) is 4.01. The molecule has 2 fully saturated rings. The van der Waals surface area contributed by atoms with Crippen LogP contribution in [0.2, 0.25) is 0 Å². The van der Waals surface area contributed by atoms with Crippen molar-refractivity contribution in [3.05, 3.63) is 59.9 Å². The molecule has 1 aromatic carbocycles. The summed E-state index contributed by atoms with van der Waals surface area (Å²) in [5, 5.41) is 0. The zero-order chi connectivity index (χ0) is 19.9. The van der Waals surface area contributed by atoms with Gasteiger partial charge in [0.15, 0.2) is 0 Å². The molecule has 148 valence electrons. The average Bonchev–Trinajstić information content (AvgIpc) is 3.02. The van der Waals surface area contributed by atoms with Gasteiger partial charge in [-0.15, -0.1) is 0 Å². The number of aryl methyl sites for hydroxylation is 1. The van der Waals surface area contributed by atoms with Crippen molar-refractivity contribution in [2.24, 2.45) is 11.8 Å². The van der Waals surface area contributed by atoms with E-state index in [2.05, 4.69) is 16.6 Å². The molecule has 7 heteroatoms. The summed E-state index contributed by atoms with van der Waals surface area (Å²) in [4.78, 5) is 19.0. The van der Waals surface area contributed by atoms with Crippen LogP contribution in [-0.2, 0) is 26.7 Å². The number of carbonyl (C=O) groups excluding carboxylic acids is 1. The van der Waals surface area contributed by atoms with Gasteiger partial charge < -0.3 is 4.90 Å². The van der Waals surface area contributed by atoms with Gasteiger partial charge in [0, 0.05) is 42.5 Å². The van der Waals surface area contributed by atoms with Crippen molar-refractivity contribution < 1.29 is 13.2 Å². The number of carbonyl (C=O) groups is 1. The first-order chi connectivity index (χ1) is 13.3. The molecule has 3 unspecified atom stereocenters. The summed E-state index contributed by atoms with van der Waals surface area (Å²) >= 11 is 0. The Bertz CT molecular complexity index is 993. The van der Waals surface area contributed by atoms with Crippen LogP contribution in [0.1, 0.15) is 24.6 Å². The standard InChI is InChI=1S/C21H25N3O3S/c1-15-19-13-24(20(25)10-9-17-7-3-4-11-22-17)14-21(15,19)16-6-5-8-18(12-16)23-28(2,26)27/h3-8,11-12,15,19,23H,9-10,13-14H2,1-2H3. The lowest BCUT2D eigenvalue weighted by atomic mass is 9.92. The fourth-order valence-electron chi connectivity index (χ4n) is 4.71. The van der Waals surface area contributed by atoms with E-state index in [-0.39, 0.29) is 11.3 Å². The first-order valence-electron chi connectivity index (χ1n) is 9.55. The monoisotopic (exact) mass is 399 g/mol. The van der Waals surface area contributed by atoms with Crippen LogP contribution in [0.4, 0.5) is 5.69 Å². The van der Waals surface area contributed by atoms with Crippen LogP contribution >= 0.6 is 0 Å². The zero-order valence-corrected chi connectivity index (χ0v) is 16.9. The fraction of sp³-hybridized carbons (Fsp3) is 0.429. The number of pyridine rings is 1. The number of sulfonamides is 1. The van der Waals surface area contributed by atoms with Crippen LogP contribution in [0.3, 0.4) is 0 Å². The maximum Gasteiger partial charge on any atom is 0.229 e. The average molecular weight is 400 g/mol. The minimum absolute atomic E-state index is 0.0597. The molecule has 0 radical (unpaired) electrons. The molecule has 28 heavy (non-hydrogen) atoms. The van der Waals surface area contributed by atoms with Gasteiger partial charge in [-0.25, -0.2) is 8.42 Å². The predicted octanol–water partition coefficient (Wildman–Crippen LogP) is 2.43. The van der Waals surface area contributed by atoms with Gasteiger partial charge in [0.1, 0.15) is 0 Å². The number of nitrogens with zero attached hydrogens (tertiary/aromatic N) is 2. The van der Waals surface area contributed by atoms with Crippen molar-refractivity contribution >= 4 is 21.6 Å². The molecule has 1 saturated carbocycles. The number of amides is 1. The van der Waals surface area contributed by atoms with E-state index in [1.807, 2.05) is 41.3 Å². The van der Waals surface area contributed by atoms with Gasteiger partial charge in [-0.3, -0.25) is 14.5 Å². The number of rotatable bonds is 6. The number of likely N-dealkylation sites (tertiary alicyclic amines) is 1. The fourth-order valence-corrected chi connectivity index (χ4v) is 5.26. The van der Waals surface area contributed by atoms with Gasteiger partial charge in [-0.05, 0) is 48.1 Å². The van der Waals surface area contributed by atoms with Crippen molar-refractivity contribution in [2.75, 3.05) is 24.1 Å². The number of anilines is 1. The highest BCUT2D eigenvalue weighted by atomic mass is 32.2. The smallest absolute Gasteiger partial charge is 0.229 e. The van der Waals surface area contributed by atoms with Crippen molar-refractivity contribution in [3.8, 4) is 0 Å². The van der Waals surface area contributed by atoms with Crippen LogP contribution in [0.15, 0.2) is 48.7 Å². The third kappa shape index (κ3) is 3.51. The molecular weight excluding hydrogens is 374 g/mol. The summed E-state index contributed by atoms with van der Waals surface area (Å²) in [5.41, 5.74) is 2.56. The molecule has 2 heterocycles. The highest BCUT2D eigenvalue weighted by Crippen LogP contribution is 2.64. The highest BCUT2D eigenvalue weighted by Gasteiger charge is 2.67. The SMILES string of the molecule is CC1C2CN(C(=O)CCc3ccccn3)CC12c1cccc(NS(C)(=O)=O)c1. The van der Waals surface area contributed by atoms with Gasteiger partial charge in [0.05, 0.1) is 6.26 Å². The van der Waals surface area contributed by atoms with E-state index in [1.54, 1.807) is 12.3 Å². The molecule has 2 aliphatic rings. The van der Waals surface area contributed by atoms with E-state index in [9.17, 15) is 13.2 Å². The van der Waals surface area contributed by atoms with Gasteiger partial charge in [-0.2, -0.15) is 0 Å². The second-order valence-corrected chi connectivity index (χ2v) is 9.73. The second-order valence-electron chi connectivity index (χ2n) is 7.99. The van der Waals surface area contributed by atoms with E-state index in [4.69, 9.17) is 0 Å². The Kier molecular flexibility index (Phi) is 4.65. The number of fused-ring (bicyclic) bond motifs is 1. The maximum atomic E-state index is 12.7. The van der Waals surface area contributed by atoms with Crippen molar-refractivity contribution in [3.63, 3.8) is 0 Å². The largest absolute Gasteiger partial charge is 0.341 e. The molecule has 0 spiro atoms. The molecule has 6 nitrogen and oxygen atoms in total. The van der Waals surface area contributed by atoms with E-state index in [1.165, 1.54) is 0 Å². The molecule has 1 amide bonds. The third-order valence-electron chi connectivity index (χ3n) is 6.22. The molecule has 0 bridgehead atoms. The Labute approximate surface area is 166 Å². The minimum atomic E-state index is -3.32. The molecule has 1 aliphatic carbocycles. The summed E-state index contributed by atoms with van der Waals surface area (Å²) < 4.78 is 25.7.